The third-order valence-electron chi connectivity index (χ3n) is 1.77. The van der Waals surface area contributed by atoms with Gasteiger partial charge in [0.2, 0.25) is 0 Å². The molecular formula is C12H19N3O. The highest BCUT2D eigenvalue weighted by Crippen LogP contribution is 2.14. The molecule has 0 unspecified atom stereocenters. The highest BCUT2D eigenvalue weighted by atomic mass is 16.6. The summed E-state index contributed by atoms with van der Waals surface area (Å²) in [6, 6.07) is 7.44. The van der Waals surface area contributed by atoms with Crippen LogP contribution in [0.25, 0.3) is 5.57 Å². The Kier molecular flexibility index (Phi) is 7.53. The molecule has 0 fully saturated rings. The van der Waals surface area contributed by atoms with Gasteiger partial charge in [0, 0.05) is 18.0 Å². The highest BCUT2D eigenvalue weighted by Gasteiger charge is 1.97. The summed E-state index contributed by atoms with van der Waals surface area (Å²) >= 11 is 0. The van der Waals surface area contributed by atoms with Crippen LogP contribution in [0.1, 0.15) is 19.4 Å². The fourth-order valence-corrected chi connectivity index (χ4v) is 1.08. The molecule has 0 spiro atoms. The molecule has 0 aromatic heterocycles. The summed E-state index contributed by atoms with van der Waals surface area (Å²) in [6.07, 6.45) is 2.63. The molecule has 1 rings (SSSR count). The second-order valence-electron chi connectivity index (χ2n) is 2.65. The Balaban J connectivity index is 0.00000106. The lowest BCUT2D eigenvalue weighted by molar-refractivity contribution is 0.271. The molecule has 0 bridgehead atoms. The van der Waals surface area contributed by atoms with E-state index in [9.17, 15) is 0 Å². The van der Waals surface area contributed by atoms with Crippen LogP contribution in [0.3, 0.4) is 0 Å². The second-order valence-corrected chi connectivity index (χ2v) is 2.65. The normalized spacial score (nSPS) is 10.1. The van der Waals surface area contributed by atoms with Gasteiger partial charge >= 0.3 is 0 Å². The number of anilines is 1. The maximum atomic E-state index is 7.12. The van der Waals surface area contributed by atoms with Gasteiger partial charge in [-0.05, 0) is 17.7 Å². The van der Waals surface area contributed by atoms with E-state index >= 15 is 0 Å². The Morgan fingerprint density at radius 2 is 1.88 bits per heavy atom. The van der Waals surface area contributed by atoms with E-state index < -0.39 is 0 Å². The summed E-state index contributed by atoms with van der Waals surface area (Å²) in [5, 5.41) is 7.12. The Hall–Kier alpha value is -1.81. The first-order valence-electron chi connectivity index (χ1n) is 5.13. The first kappa shape index (κ1) is 14.2. The predicted octanol–water partition coefficient (Wildman–Crippen LogP) is 2.64. The van der Waals surface area contributed by atoms with Crippen molar-refractivity contribution in [3.05, 3.63) is 36.0 Å². The van der Waals surface area contributed by atoms with Crippen LogP contribution in [0.2, 0.25) is 0 Å². The van der Waals surface area contributed by atoms with Gasteiger partial charge in [-0.25, -0.2) is 0 Å². The van der Waals surface area contributed by atoms with E-state index in [1.807, 2.05) is 38.1 Å². The lowest BCUT2D eigenvalue weighted by Crippen LogP contribution is -1.96. The number of nitrogens with one attached hydrogen (secondary N) is 2. The van der Waals surface area contributed by atoms with E-state index in [2.05, 4.69) is 5.48 Å². The average molecular weight is 221 g/mol. The van der Waals surface area contributed by atoms with Crippen molar-refractivity contribution in [1.82, 2.24) is 0 Å². The van der Waals surface area contributed by atoms with Crippen molar-refractivity contribution in [2.24, 2.45) is 5.73 Å². The van der Waals surface area contributed by atoms with Crippen molar-refractivity contribution in [3.63, 3.8) is 0 Å². The Morgan fingerprint density at radius 1 is 1.31 bits per heavy atom. The van der Waals surface area contributed by atoms with Gasteiger partial charge in [0.15, 0.2) is 0 Å². The minimum atomic E-state index is 0.689. The van der Waals surface area contributed by atoms with Crippen LogP contribution in [-0.2, 0) is 4.84 Å². The van der Waals surface area contributed by atoms with Crippen molar-refractivity contribution in [3.8, 4) is 0 Å². The topological polar surface area (TPSA) is 71.1 Å². The van der Waals surface area contributed by atoms with Crippen molar-refractivity contribution in [2.45, 2.75) is 13.8 Å². The van der Waals surface area contributed by atoms with Crippen molar-refractivity contribution >= 4 is 17.5 Å². The summed E-state index contributed by atoms with van der Waals surface area (Å²) in [7, 11) is 1.55. The molecule has 4 nitrogen and oxygen atoms in total. The minimum absolute atomic E-state index is 0.689. The number of benzene rings is 1. The average Bonchev–Trinajstić information content (AvgIpc) is 2.36. The van der Waals surface area contributed by atoms with Gasteiger partial charge in [0.1, 0.15) is 0 Å². The minimum Gasteiger partial charge on any atom is -0.404 e. The SMILES string of the molecule is CC.CONc1ccc(/C(C=N)=C\N)cc1. The van der Waals surface area contributed by atoms with E-state index in [4.69, 9.17) is 16.0 Å². The van der Waals surface area contributed by atoms with E-state index in [0.29, 0.717) is 5.57 Å². The number of hydrogen-bond donors (Lipinski definition) is 3. The molecule has 4 heteroatoms. The van der Waals surface area contributed by atoms with Crippen LogP contribution < -0.4 is 11.2 Å². The highest BCUT2D eigenvalue weighted by molar-refractivity contribution is 6.08. The zero-order chi connectivity index (χ0) is 12.4. The molecule has 0 aliphatic rings. The zero-order valence-electron chi connectivity index (χ0n) is 9.95. The molecule has 0 saturated carbocycles. The van der Waals surface area contributed by atoms with Gasteiger partial charge in [-0.15, -0.1) is 0 Å². The van der Waals surface area contributed by atoms with Crippen molar-refractivity contribution < 1.29 is 4.84 Å². The largest absolute Gasteiger partial charge is 0.404 e. The molecule has 0 heterocycles. The summed E-state index contributed by atoms with van der Waals surface area (Å²) < 4.78 is 0. The Bertz CT molecular complexity index is 331. The standard InChI is InChI=1S/C10H13N3O.C2H6/c1-14-13-10-4-2-8(3-5-10)9(6-11)7-12;1-2/h2-7,11,13H,12H2,1H3;1-2H3/b9-7-,11-6?;. The van der Waals surface area contributed by atoms with Gasteiger partial charge in [0.05, 0.1) is 12.8 Å². The van der Waals surface area contributed by atoms with Crippen LogP contribution in [0.5, 0.6) is 0 Å². The molecule has 0 atom stereocenters. The third kappa shape index (κ3) is 4.14. The molecule has 4 N–H and O–H groups in total. The first-order chi connectivity index (χ1) is 7.81. The van der Waals surface area contributed by atoms with E-state index in [0.717, 1.165) is 11.3 Å². The predicted molar refractivity (Wildman–Crippen MR) is 69.4 cm³/mol. The van der Waals surface area contributed by atoms with Gasteiger partial charge in [0.25, 0.3) is 0 Å². The first-order valence-corrected chi connectivity index (χ1v) is 5.13. The number of rotatable bonds is 4. The molecule has 0 saturated heterocycles. The fourth-order valence-electron chi connectivity index (χ4n) is 1.08. The fraction of sp³-hybridized carbons (Fsp3) is 0.250. The van der Waals surface area contributed by atoms with E-state index in [-0.39, 0.29) is 0 Å². The third-order valence-corrected chi connectivity index (χ3v) is 1.77. The van der Waals surface area contributed by atoms with Gasteiger partial charge in [-0.2, -0.15) is 0 Å². The lowest BCUT2D eigenvalue weighted by Gasteiger charge is -2.04. The Morgan fingerprint density at radius 3 is 2.25 bits per heavy atom. The molecule has 0 aliphatic heterocycles. The van der Waals surface area contributed by atoms with E-state index in [1.165, 1.54) is 12.4 Å². The van der Waals surface area contributed by atoms with Crippen LogP contribution in [0, 0.1) is 5.41 Å². The molecule has 0 amide bonds. The number of hydrogen-bond acceptors (Lipinski definition) is 4. The molecular weight excluding hydrogens is 202 g/mol. The summed E-state index contributed by atoms with van der Waals surface area (Å²) in [5.74, 6) is 0. The smallest absolute Gasteiger partial charge is 0.0636 e. The number of nitrogens with two attached hydrogens (primary N) is 1. The zero-order valence-corrected chi connectivity index (χ0v) is 9.95. The second kappa shape index (κ2) is 8.49. The lowest BCUT2D eigenvalue weighted by atomic mass is 10.1. The molecule has 1 aromatic rings. The van der Waals surface area contributed by atoms with Gasteiger partial charge < -0.3 is 11.1 Å². The maximum Gasteiger partial charge on any atom is 0.0636 e. The number of allylic oxidation sites excluding steroid dienone is 1. The van der Waals surface area contributed by atoms with Crippen LogP contribution >= 0.6 is 0 Å². The van der Waals surface area contributed by atoms with Gasteiger partial charge in [-0.3, -0.25) is 10.3 Å². The van der Waals surface area contributed by atoms with Gasteiger partial charge in [-0.1, -0.05) is 26.0 Å². The molecule has 0 aliphatic carbocycles. The van der Waals surface area contributed by atoms with Crippen molar-refractivity contribution in [1.29, 1.82) is 5.41 Å². The Labute approximate surface area is 96.6 Å². The summed E-state index contributed by atoms with van der Waals surface area (Å²) in [6.45, 7) is 4.00. The molecule has 16 heavy (non-hydrogen) atoms. The van der Waals surface area contributed by atoms with Crippen LogP contribution in [0.15, 0.2) is 30.5 Å². The molecule has 1 aromatic carbocycles. The molecule has 88 valence electrons. The van der Waals surface area contributed by atoms with E-state index in [1.54, 1.807) is 7.11 Å². The maximum absolute atomic E-state index is 7.12. The van der Waals surface area contributed by atoms with Crippen LogP contribution in [0.4, 0.5) is 5.69 Å². The van der Waals surface area contributed by atoms with Crippen LogP contribution in [-0.4, -0.2) is 13.3 Å². The molecule has 0 radical (unpaired) electrons. The summed E-state index contributed by atoms with van der Waals surface area (Å²) in [4.78, 5) is 4.75. The van der Waals surface area contributed by atoms with Crippen molar-refractivity contribution in [2.75, 3.05) is 12.6 Å². The summed E-state index contributed by atoms with van der Waals surface area (Å²) in [5.41, 5.74) is 10.5. The monoisotopic (exact) mass is 221 g/mol. The quantitative estimate of drug-likeness (QED) is 0.540.